The molecule has 0 aromatic heterocycles. The van der Waals surface area contributed by atoms with Crippen LogP contribution in [0.15, 0.2) is 18.2 Å². The van der Waals surface area contributed by atoms with Gasteiger partial charge in [0.25, 0.3) is 11.8 Å². The molecule has 0 spiro atoms. The number of nitrogens with two attached hydrogens (primary N) is 1. The van der Waals surface area contributed by atoms with E-state index < -0.39 is 0 Å². The summed E-state index contributed by atoms with van der Waals surface area (Å²) in [6.45, 7) is 5.17. The van der Waals surface area contributed by atoms with E-state index in [1.807, 2.05) is 18.7 Å². The van der Waals surface area contributed by atoms with Crippen molar-refractivity contribution in [3.63, 3.8) is 0 Å². The van der Waals surface area contributed by atoms with Crippen molar-refractivity contribution in [3.8, 4) is 11.5 Å². The Labute approximate surface area is 160 Å². The summed E-state index contributed by atoms with van der Waals surface area (Å²) in [7, 11) is 1.52. The van der Waals surface area contributed by atoms with Crippen LogP contribution in [-0.2, 0) is 4.79 Å². The third kappa shape index (κ3) is 4.35. The summed E-state index contributed by atoms with van der Waals surface area (Å²) in [5.41, 5.74) is 6.72. The van der Waals surface area contributed by atoms with E-state index in [1.54, 1.807) is 18.2 Å². The molecule has 1 aromatic rings. The van der Waals surface area contributed by atoms with Gasteiger partial charge >= 0.3 is 0 Å². The number of hydrogen-bond acceptors (Lipinski definition) is 5. The second-order valence-electron chi connectivity index (χ2n) is 7.75. The Bertz CT molecular complexity index is 706. The number of methoxy groups -OCH3 is 1. The molecule has 1 aliphatic heterocycles. The van der Waals surface area contributed by atoms with Gasteiger partial charge in [-0.25, -0.2) is 0 Å². The van der Waals surface area contributed by atoms with Gasteiger partial charge < -0.3 is 25.4 Å². The number of benzene rings is 1. The average molecular weight is 375 g/mol. The third-order valence-electron chi connectivity index (χ3n) is 5.42. The molecule has 2 amide bonds. The Hall–Kier alpha value is -2.28. The summed E-state index contributed by atoms with van der Waals surface area (Å²) in [4.78, 5) is 26.5. The first-order valence-corrected chi connectivity index (χ1v) is 9.54. The van der Waals surface area contributed by atoms with Crippen molar-refractivity contribution >= 4 is 11.8 Å². The lowest BCUT2D eigenvalue weighted by Gasteiger charge is -2.19. The van der Waals surface area contributed by atoms with Gasteiger partial charge in [-0.05, 0) is 56.7 Å². The largest absolute Gasteiger partial charge is 0.493 e. The van der Waals surface area contributed by atoms with Crippen molar-refractivity contribution in [2.24, 2.45) is 17.6 Å². The van der Waals surface area contributed by atoms with Gasteiger partial charge in [-0.15, -0.1) is 0 Å². The number of carbonyl (C=O) groups excluding carboxylic acids is 2. The van der Waals surface area contributed by atoms with Crippen molar-refractivity contribution < 1.29 is 19.1 Å². The van der Waals surface area contributed by atoms with E-state index in [1.165, 1.54) is 7.11 Å². The quantitative estimate of drug-likeness (QED) is 0.784. The van der Waals surface area contributed by atoms with Crippen molar-refractivity contribution in [3.05, 3.63) is 23.8 Å². The Morgan fingerprint density at radius 2 is 2.04 bits per heavy atom. The van der Waals surface area contributed by atoms with Gasteiger partial charge in [-0.3, -0.25) is 9.59 Å². The Kier molecular flexibility index (Phi) is 5.89. The summed E-state index contributed by atoms with van der Waals surface area (Å²) in [6.07, 6.45) is 2.16. The Morgan fingerprint density at radius 1 is 1.26 bits per heavy atom. The molecule has 2 aliphatic rings. The number of rotatable bonds is 6. The summed E-state index contributed by atoms with van der Waals surface area (Å²) in [6, 6.07) is 5.32. The van der Waals surface area contributed by atoms with Crippen LogP contribution in [0.3, 0.4) is 0 Å². The number of nitrogens with zero attached hydrogens (tertiary/aromatic N) is 1. The SMILES string of the molecule is COc1cc(C(=O)N2CC3CCC(N)C3C2)ccc1OCC(=O)NC(C)C. The molecule has 3 rings (SSSR count). The van der Waals surface area contributed by atoms with Gasteiger partial charge in [0, 0.05) is 30.7 Å². The number of fused-ring (bicyclic) bond motifs is 1. The molecule has 27 heavy (non-hydrogen) atoms. The van der Waals surface area contributed by atoms with Crippen LogP contribution in [-0.4, -0.2) is 55.6 Å². The highest BCUT2D eigenvalue weighted by Crippen LogP contribution is 2.38. The average Bonchev–Trinajstić information content (AvgIpc) is 3.21. The number of likely N-dealkylation sites (tertiary alicyclic amines) is 1. The van der Waals surface area contributed by atoms with Crippen molar-refractivity contribution in [2.45, 2.75) is 38.8 Å². The molecule has 1 heterocycles. The lowest BCUT2D eigenvalue weighted by Crippen LogP contribution is -2.34. The molecule has 0 radical (unpaired) electrons. The zero-order valence-corrected chi connectivity index (χ0v) is 16.2. The third-order valence-corrected chi connectivity index (χ3v) is 5.42. The summed E-state index contributed by atoms with van der Waals surface area (Å²) < 4.78 is 10.9. The molecule has 148 valence electrons. The number of ether oxygens (including phenoxy) is 2. The molecule has 2 fully saturated rings. The number of amides is 2. The zero-order valence-electron chi connectivity index (χ0n) is 16.2. The van der Waals surface area contributed by atoms with Crippen LogP contribution in [0.25, 0.3) is 0 Å². The van der Waals surface area contributed by atoms with E-state index in [9.17, 15) is 9.59 Å². The lowest BCUT2D eigenvalue weighted by atomic mass is 9.98. The topological polar surface area (TPSA) is 93.9 Å². The summed E-state index contributed by atoms with van der Waals surface area (Å²) in [5, 5.41) is 2.76. The molecule has 7 nitrogen and oxygen atoms in total. The molecule has 3 unspecified atom stereocenters. The molecule has 1 saturated carbocycles. The predicted octanol–water partition coefficient (Wildman–Crippen LogP) is 1.41. The van der Waals surface area contributed by atoms with Crippen LogP contribution >= 0.6 is 0 Å². The van der Waals surface area contributed by atoms with Crippen molar-refractivity contribution in [2.75, 3.05) is 26.8 Å². The van der Waals surface area contributed by atoms with Crippen LogP contribution < -0.4 is 20.5 Å². The van der Waals surface area contributed by atoms with Gasteiger partial charge in [-0.1, -0.05) is 0 Å². The maximum absolute atomic E-state index is 12.9. The van der Waals surface area contributed by atoms with Crippen LogP contribution in [0.1, 0.15) is 37.0 Å². The highest BCUT2D eigenvalue weighted by Gasteiger charge is 2.42. The van der Waals surface area contributed by atoms with Gasteiger partial charge in [-0.2, -0.15) is 0 Å². The second-order valence-corrected chi connectivity index (χ2v) is 7.75. The smallest absolute Gasteiger partial charge is 0.258 e. The van der Waals surface area contributed by atoms with Crippen molar-refractivity contribution in [1.29, 1.82) is 0 Å². The zero-order chi connectivity index (χ0) is 19.6. The van der Waals surface area contributed by atoms with E-state index >= 15 is 0 Å². The molecule has 1 aromatic carbocycles. The standard InChI is InChI=1S/C20H29N3O4/c1-12(2)22-19(24)11-27-17-7-5-13(8-18(17)26-3)20(25)23-9-14-4-6-16(21)15(14)10-23/h5,7-8,12,14-16H,4,6,9-11,21H2,1-3H3,(H,22,24). The van der Waals surface area contributed by atoms with Crippen molar-refractivity contribution in [1.82, 2.24) is 10.2 Å². The Balaban J connectivity index is 1.65. The molecule has 0 bridgehead atoms. The predicted molar refractivity (Wildman–Crippen MR) is 102 cm³/mol. The van der Waals surface area contributed by atoms with E-state index in [4.69, 9.17) is 15.2 Å². The van der Waals surface area contributed by atoms with Crippen LogP contribution in [0, 0.1) is 11.8 Å². The van der Waals surface area contributed by atoms with E-state index in [-0.39, 0.29) is 30.5 Å². The molecule has 1 saturated heterocycles. The second kappa shape index (κ2) is 8.17. The fraction of sp³-hybridized carbons (Fsp3) is 0.600. The molecule has 1 aliphatic carbocycles. The fourth-order valence-corrected chi connectivity index (χ4v) is 4.08. The van der Waals surface area contributed by atoms with E-state index in [0.717, 1.165) is 25.9 Å². The van der Waals surface area contributed by atoms with Gasteiger partial charge in [0.05, 0.1) is 7.11 Å². The molecular formula is C20H29N3O4. The van der Waals surface area contributed by atoms with Gasteiger partial charge in [0.2, 0.25) is 0 Å². The maximum Gasteiger partial charge on any atom is 0.258 e. The highest BCUT2D eigenvalue weighted by molar-refractivity contribution is 5.95. The maximum atomic E-state index is 12.9. The molecule has 3 atom stereocenters. The Morgan fingerprint density at radius 3 is 2.70 bits per heavy atom. The first-order chi connectivity index (χ1) is 12.9. The van der Waals surface area contributed by atoms with Crippen LogP contribution in [0.4, 0.5) is 0 Å². The number of carbonyl (C=O) groups is 2. The highest BCUT2D eigenvalue weighted by atomic mass is 16.5. The van der Waals surface area contributed by atoms with E-state index in [0.29, 0.717) is 28.9 Å². The minimum atomic E-state index is -0.202. The van der Waals surface area contributed by atoms with Gasteiger partial charge in [0.1, 0.15) is 0 Å². The monoisotopic (exact) mass is 375 g/mol. The number of nitrogens with one attached hydrogen (secondary N) is 1. The fourth-order valence-electron chi connectivity index (χ4n) is 4.08. The first-order valence-electron chi connectivity index (χ1n) is 9.54. The summed E-state index contributed by atoms with van der Waals surface area (Å²) in [5.74, 6) is 1.60. The lowest BCUT2D eigenvalue weighted by molar-refractivity contribution is -0.123. The molecule has 7 heteroatoms. The van der Waals surface area contributed by atoms with Crippen LogP contribution in [0.5, 0.6) is 11.5 Å². The van der Waals surface area contributed by atoms with Gasteiger partial charge in [0.15, 0.2) is 18.1 Å². The normalized spacial score (nSPS) is 24.0. The molecular weight excluding hydrogens is 346 g/mol. The summed E-state index contributed by atoms with van der Waals surface area (Å²) >= 11 is 0. The minimum absolute atomic E-state index is 0.0148. The molecule has 3 N–H and O–H groups in total. The minimum Gasteiger partial charge on any atom is -0.493 e. The first kappa shape index (κ1) is 19.5. The van der Waals surface area contributed by atoms with E-state index in [2.05, 4.69) is 5.32 Å². The number of hydrogen-bond donors (Lipinski definition) is 2. The van der Waals surface area contributed by atoms with Crippen LogP contribution in [0.2, 0.25) is 0 Å².